The van der Waals surface area contributed by atoms with E-state index in [-0.39, 0.29) is 12.2 Å². The molecular weight excluding hydrogens is 222 g/mol. The molecule has 3 N–H and O–H groups in total. The largest absolute Gasteiger partial charge is 0.478 e. The van der Waals surface area contributed by atoms with Crippen LogP contribution in [0.25, 0.3) is 0 Å². The highest BCUT2D eigenvalue weighted by Crippen LogP contribution is 2.09. The zero-order valence-corrected chi connectivity index (χ0v) is 9.30. The Hall–Kier alpha value is -2.14. The molecule has 17 heavy (non-hydrogen) atoms. The highest BCUT2D eigenvalue weighted by atomic mass is 16.4. The van der Waals surface area contributed by atoms with Crippen molar-refractivity contribution in [2.45, 2.75) is 13.5 Å². The molecule has 0 saturated carbocycles. The normalized spacial score (nSPS) is 11.1. The zero-order valence-electron chi connectivity index (χ0n) is 9.30. The van der Waals surface area contributed by atoms with E-state index in [2.05, 4.69) is 5.32 Å². The van der Waals surface area contributed by atoms with E-state index in [1.54, 1.807) is 24.3 Å². The first-order valence-corrected chi connectivity index (χ1v) is 4.95. The lowest BCUT2D eigenvalue weighted by atomic mass is 10.2. The number of rotatable bonds is 4. The minimum Gasteiger partial charge on any atom is -0.478 e. The van der Waals surface area contributed by atoms with Crippen molar-refractivity contribution >= 4 is 17.6 Å². The third kappa shape index (κ3) is 4.08. The van der Waals surface area contributed by atoms with Crippen molar-refractivity contribution in [3.63, 3.8) is 0 Å². The Labute approximate surface area is 98.4 Å². The van der Waals surface area contributed by atoms with Gasteiger partial charge in [0, 0.05) is 17.3 Å². The number of amides is 1. The minimum atomic E-state index is -1.13. The van der Waals surface area contributed by atoms with Gasteiger partial charge in [0.1, 0.15) is 0 Å². The van der Waals surface area contributed by atoms with Gasteiger partial charge in [-0.2, -0.15) is 0 Å². The SMILES string of the molecule is C/C(=C/C(=O)Nc1ccc(CO)cc1)C(=O)O. The van der Waals surface area contributed by atoms with Gasteiger partial charge >= 0.3 is 5.97 Å². The van der Waals surface area contributed by atoms with Crippen LogP contribution in [0.2, 0.25) is 0 Å². The van der Waals surface area contributed by atoms with Gasteiger partial charge in [0.15, 0.2) is 0 Å². The standard InChI is InChI=1S/C12H13NO4/c1-8(12(16)17)6-11(15)13-10-4-2-9(7-14)3-5-10/h2-6,14H,7H2,1H3,(H,13,15)(H,16,17)/b8-6-. The van der Waals surface area contributed by atoms with E-state index in [0.29, 0.717) is 5.69 Å². The second kappa shape index (κ2) is 5.81. The van der Waals surface area contributed by atoms with Crippen molar-refractivity contribution in [2.24, 2.45) is 0 Å². The molecule has 1 rings (SSSR count). The number of aliphatic hydroxyl groups excluding tert-OH is 1. The van der Waals surface area contributed by atoms with Crippen molar-refractivity contribution in [1.82, 2.24) is 0 Å². The molecule has 0 aliphatic rings. The number of aliphatic carboxylic acids is 1. The summed E-state index contributed by atoms with van der Waals surface area (Å²) < 4.78 is 0. The van der Waals surface area contributed by atoms with Crippen LogP contribution in [0.15, 0.2) is 35.9 Å². The number of benzene rings is 1. The summed E-state index contributed by atoms with van der Waals surface area (Å²) in [6.45, 7) is 1.28. The number of anilines is 1. The summed E-state index contributed by atoms with van der Waals surface area (Å²) in [7, 11) is 0. The molecule has 0 fully saturated rings. The Bertz CT molecular complexity index is 448. The molecule has 0 atom stereocenters. The maximum absolute atomic E-state index is 11.4. The molecule has 90 valence electrons. The van der Waals surface area contributed by atoms with Gasteiger partial charge in [-0.1, -0.05) is 12.1 Å². The summed E-state index contributed by atoms with van der Waals surface area (Å²) >= 11 is 0. The van der Waals surface area contributed by atoms with Crippen molar-refractivity contribution < 1.29 is 19.8 Å². The predicted octanol–water partition coefficient (Wildman–Crippen LogP) is 1.15. The van der Waals surface area contributed by atoms with Crippen LogP contribution in [-0.4, -0.2) is 22.1 Å². The van der Waals surface area contributed by atoms with Crippen molar-refractivity contribution in [3.8, 4) is 0 Å². The number of hydrogen-bond donors (Lipinski definition) is 3. The Morgan fingerprint density at radius 1 is 1.29 bits per heavy atom. The van der Waals surface area contributed by atoms with Crippen LogP contribution in [0.3, 0.4) is 0 Å². The quantitative estimate of drug-likeness (QED) is 0.683. The number of carboxylic acids is 1. The molecule has 0 unspecified atom stereocenters. The molecule has 0 bridgehead atoms. The van der Waals surface area contributed by atoms with Crippen LogP contribution in [0, 0.1) is 0 Å². The smallest absolute Gasteiger partial charge is 0.331 e. The highest BCUT2D eigenvalue weighted by molar-refractivity contribution is 6.04. The first kappa shape index (κ1) is 12.9. The third-order valence-corrected chi connectivity index (χ3v) is 2.09. The topological polar surface area (TPSA) is 86.6 Å². The molecule has 5 heteroatoms. The van der Waals surface area contributed by atoms with Crippen LogP contribution in [0.4, 0.5) is 5.69 Å². The summed E-state index contributed by atoms with van der Waals surface area (Å²) in [6, 6.07) is 6.60. The molecule has 0 heterocycles. The van der Waals surface area contributed by atoms with E-state index in [0.717, 1.165) is 11.6 Å². The summed E-state index contributed by atoms with van der Waals surface area (Å²) in [5, 5.41) is 19.9. The molecule has 0 radical (unpaired) electrons. The summed E-state index contributed by atoms with van der Waals surface area (Å²) in [6.07, 6.45) is 1.02. The number of carbonyl (C=O) groups is 2. The van der Waals surface area contributed by atoms with Gasteiger partial charge in [0.05, 0.1) is 6.61 Å². The molecule has 1 aromatic rings. The fraction of sp³-hybridized carbons (Fsp3) is 0.167. The molecule has 0 spiro atoms. The van der Waals surface area contributed by atoms with Gasteiger partial charge in [0.2, 0.25) is 5.91 Å². The van der Waals surface area contributed by atoms with Crippen molar-refractivity contribution in [3.05, 3.63) is 41.5 Å². The van der Waals surface area contributed by atoms with E-state index in [4.69, 9.17) is 10.2 Å². The maximum Gasteiger partial charge on any atom is 0.331 e. The van der Waals surface area contributed by atoms with Gasteiger partial charge in [-0.15, -0.1) is 0 Å². The molecule has 1 amide bonds. The second-order valence-electron chi connectivity index (χ2n) is 3.48. The Morgan fingerprint density at radius 3 is 2.35 bits per heavy atom. The fourth-order valence-electron chi connectivity index (χ4n) is 1.13. The van der Waals surface area contributed by atoms with Crippen LogP contribution in [0.1, 0.15) is 12.5 Å². The first-order valence-electron chi connectivity index (χ1n) is 4.95. The van der Waals surface area contributed by atoms with Crippen molar-refractivity contribution in [1.29, 1.82) is 0 Å². The first-order chi connectivity index (χ1) is 8.02. The van der Waals surface area contributed by atoms with Crippen LogP contribution in [-0.2, 0) is 16.2 Å². The monoisotopic (exact) mass is 235 g/mol. The van der Waals surface area contributed by atoms with Crippen molar-refractivity contribution in [2.75, 3.05) is 5.32 Å². The highest BCUT2D eigenvalue weighted by Gasteiger charge is 2.04. The van der Waals surface area contributed by atoms with Gasteiger partial charge < -0.3 is 15.5 Å². The lowest BCUT2D eigenvalue weighted by Crippen LogP contribution is -2.10. The predicted molar refractivity (Wildman–Crippen MR) is 62.4 cm³/mol. The van der Waals surface area contributed by atoms with Gasteiger partial charge in [0.25, 0.3) is 0 Å². The fourth-order valence-corrected chi connectivity index (χ4v) is 1.13. The molecule has 1 aromatic carbocycles. The summed E-state index contributed by atoms with van der Waals surface area (Å²) in [5.74, 6) is -1.63. The minimum absolute atomic E-state index is 0.0329. The zero-order chi connectivity index (χ0) is 12.8. The lowest BCUT2D eigenvalue weighted by Gasteiger charge is -2.03. The summed E-state index contributed by atoms with van der Waals surface area (Å²) in [5.41, 5.74) is 1.25. The molecule has 0 aliphatic heterocycles. The Balaban J connectivity index is 2.68. The van der Waals surface area contributed by atoms with Gasteiger partial charge in [-0.05, 0) is 24.6 Å². The van der Waals surface area contributed by atoms with Crippen LogP contribution < -0.4 is 5.32 Å². The number of carboxylic acid groups (broad SMARTS) is 1. The lowest BCUT2D eigenvalue weighted by molar-refractivity contribution is -0.132. The second-order valence-corrected chi connectivity index (χ2v) is 3.48. The number of carbonyl (C=O) groups excluding carboxylic acids is 1. The molecule has 0 saturated heterocycles. The summed E-state index contributed by atoms with van der Waals surface area (Å²) in [4.78, 5) is 21.9. The van der Waals surface area contributed by atoms with Crippen LogP contribution in [0.5, 0.6) is 0 Å². The van der Waals surface area contributed by atoms with E-state index in [9.17, 15) is 9.59 Å². The van der Waals surface area contributed by atoms with E-state index < -0.39 is 11.9 Å². The van der Waals surface area contributed by atoms with Gasteiger partial charge in [-0.25, -0.2) is 4.79 Å². The molecular formula is C12H13NO4. The van der Waals surface area contributed by atoms with Crippen LogP contribution >= 0.6 is 0 Å². The average molecular weight is 235 g/mol. The van der Waals surface area contributed by atoms with E-state index >= 15 is 0 Å². The third-order valence-electron chi connectivity index (χ3n) is 2.09. The number of nitrogens with one attached hydrogen (secondary N) is 1. The molecule has 5 nitrogen and oxygen atoms in total. The van der Waals surface area contributed by atoms with Gasteiger partial charge in [-0.3, -0.25) is 4.79 Å². The molecule has 0 aromatic heterocycles. The average Bonchev–Trinajstić information content (AvgIpc) is 2.29. The number of aliphatic hydroxyl groups is 1. The Morgan fingerprint density at radius 2 is 1.88 bits per heavy atom. The van der Waals surface area contributed by atoms with E-state index in [1.807, 2.05) is 0 Å². The Kier molecular flexibility index (Phi) is 4.42. The van der Waals surface area contributed by atoms with E-state index in [1.165, 1.54) is 6.92 Å². The maximum atomic E-state index is 11.4. The number of hydrogen-bond acceptors (Lipinski definition) is 3. The molecule has 0 aliphatic carbocycles.